The molecule has 6 saturated heterocycles. The van der Waals surface area contributed by atoms with Gasteiger partial charge in [0.2, 0.25) is 0 Å². The Morgan fingerprint density at radius 1 is 0.744 bits per heavy atom. The maximum atomic E-state index is 6.85. The average molecular weight is 575 g/mol. The molecule has 0 aliphatic carbocycles. The Morgan fingerprint density at radius 3 is 1.92 bits per heavy atom. The summed E-state index contributed by atoms with van der Waals surface area (Å²) in [7, 11) is 0. The standard InChI is InChI=1S/C36H62OS2/c1-20(2)31-28-18-27(33(37-28)32(31)21(3)4)34(9,10)26-19-29-25(17-30(26)38-29)23(7)11-12-24(8)36-15-13-35(39-36,14-16-36)22(5)6/h20-33H,11-19H2,1-10H3. The molecular weight excluding hydrogens is 513 g/mol. The Labute approximate surface area is 251 Å². The van der Waals surface area contributed by atoms with Gasteiger partial charge in [0.25, 0.3) is 0 Å². The highest BCUT2D eigenvalue weighted by Crippen LogP contribution is 2.68. The number of ether oxygens (including phenoxy) is 1. The molecule has 6 aliphatic rings. The van der Waals surface area contributed by atoms with Gasteiger partial charge in [0.1, 0.15) is 0 Å². The zero-order valence-electron chi connectivity index (χ0n) is 27.2. The normalized spacial score (nSPS) is 48.4. The van der Waals surface area contributed by atoms with Crippen LogP contribution in [0.3, 0.4) is 0 Å². The zero-order chi connectivity index (χ0) is 28.1. The smallest absolute Gasteiger partial charge is 0.0647 e. The minimum absolute atomic E-state index is 0.411. The van der Waals surface area contributed by atoms with Crippen LogP contribution in [0.15, 0.2) is 0 Å². The van der Waals surface area contributed by atoms with Crippen molar-refractivity contribution in [1.82, 2.24) is 0 Å². The van der Waals surface area contributed by atoms with Crippen molar-refractivity contribution in [3.8, 4) is 0 Å². The molecule has 6 bridgehead atoms. The van der Waals surface area contributed by atoms with Gasteiger partial charge < -0.3 is 4.74 Å². The molecule has 11 unspecified atom stereocenters. The van der Waals surface area contributed by atoms with Crippen molar-refractivity contribution in [3.05, 3.63) is 0 Å². The van der Waals surface area contributed by atoms with E-state index < -0.39 is 0 Å². The van der Waals surface area contributed by atoms with E-state index in [1.807, 2.05) is 0 Å². The third-order valence-corrected chi connectivity index (χ3v) is 18.5. The highest BCUT2D eigenvalue weighted by molar-refractivity contribution is 8.02. The Hall–Kier alpha value is 0.660. The number of thioether (sulfide) groups is 2. The molecule has 0 radical (unpaired) electrons. The fraction of sp³-hybridized carbons (Fsp3) is 1.00. The van der Waals surface area contributed by atoms with E-state index in [0.29, 0.717) is 27.1 Å². The van der Waals surface area contributed by atoms with Gasteiger partial charge in [0, 0.05) is 20.0 Å². The Morgan fingerprint density at radius 2 is 1.38 bits per heavy atom. The van der Waals surface area contributed by atoms with E-state index >= 15 is 0 Å². The first-order valence-corrected chi connectivity index (χ1v) is 19.1. The van der Waals surface area contributed by atoms with Crippen molar-refractivity contribution in [3.63, 3.8) is 0 Å². The van der Waals surface area contributed by atoms with Crippen LogP contribution < -0.4 is 0 Å². The van der Waals surface area contributed by atoms with Crippen molar-refractivity contribution in [2.45, 2.75) is 159 Å². The van der Waals surface area contributed by atoms with Crippen LogP contribution in [0.4, 0.5) is 0 Å². The summed E-state index contributed by atoms with van der Waals surface area (Å²) in [5.41, 5.74) is 0.411. The second-order valence-corrected chi connectivity index (χ2v) is 20.6. The molecule has 6 heterocycles. The largest absolute Gasteiger partial charge is 0.374 e. The van der Waals surface area contributed by atoms with E-state index in [9.17, 15) is 0 Å². The van der Waals surface area contributed by atoms with Crippen LogP contribution in [0.5, 0.6) is 0 Å². The van der Waals surface area contributed by atoms with Crippen molar-refractivity contribution in [1.29, 1.82) is 0 Å². The number of fused-ring (bicyclic) bond motifs is 6. The minimum Gasteiger partial charge on any atom is -0.374 e. The molecule has 0 spiro atoms. The van der Waals surface area contributed by atoms with Crippen molar-refractivity contribution < 1.29 is 4.74 Å². The maximum absolute atomic E-state index is 6.85. The van der Waals surface area contributed by atoms with E-state index in [2.05, 4.69) is 92.8 Å². The van der Waals surface area contributed by atoms with Gasteiger partial charge in [0.15, 0.2) is 0 Å². The number of rotatable bonds is 10. The molecule has 0 N–H and O–H groups in total. The Balaban J connectivity index is 1.04. The average Bonchev–Trinajstić information content (AvgIpc) is 3.72. The number of hydrogen-bond acceptors (Lipinski definition) is 3. The molecule has 0 amide bonds. The maximum Gasteiger partial charge on any atom is 0.0647 e. The van der Waals surface area contributed by atoms with E-state index in [4.69, 9.17) is 4.74 Å². The first kappa shape index (κ1) is 29.7. The summed E-state index contributed by atoms with van der Waals surface area (Å²) in [5.74, 6) is 8.29. The van der Waals surface area contributed by atoms with Crippen molar-refractivity contribution in [2.75, 3.05) is 0 Å². The third kappa shape index (κ3) is 4.65. The summed E-state index contributed by atoms with van der Waals surface area (Å²) in [6.45, 7) is 25.4. The fourth-order valence-electron chi connectivity index (χ4n) is 11.6. The highest BCUT2D eigenvalue weighted by atomic mass is 32.2. The van der Waals surface area contributed by atoms with Gasteiger partial charge in [-0.25, -0.2) is 0 Å². The predicted molar refractivity (Wildman–Crippen MR) is 173 cm³/mol. The second kappa shape index (κ2) is 10.4. The van der Waals surface area contributed by atoms with Crippen LogP contribution >= 0.6 is 23.5 Å². The summed E-state index contributed by atoms with van der Waals surface area (Å²) < 4.78 is 8.09. The van der Waals surface area contributed by atoms with Crippen molar-refractivity contribution in [2.24, 2.45) is 64.6 Å². The topological polar surface area (TPSA) is 9.23 Å². The van der Waals surface area contributed by atoms with Crippen LogP contribution in [-0.4, -0.2) is 32.2 Å². The van der Waals surface area contributed by atoms with Gasteiger partial charge in [-0.2, -0.15) is 11.8 Å². The molecule has 0 aromatic rings. The molecular formula is C36H62OS2. The van der Waals surface area contributed by atoms with Gasteiger partial charge >= 0.3 is 0 Å². The van der Waals surface area contributed by atoms with Gasteiger partial charge in [-0.15, -0.1) is 11.8 Å². The van der Waals surface area contributed by atoms with Gasteiger partial charge in [-0.3, -0.25) is 0 Å². The predicted octanol–water partition coefficient (Wildman–Crippen LogP) is 10.4. The first-order chi connectivity index (χ1) is 18.3. The van der Waals surface area contributed by atoms with Crippen molar-refractivity contribution >= 4 is 23.5 Å². The SMILES string of the molecule is CC(C)C1C2CC(C(C)(C)C3CC4SC3CC4C(C)CCC(C)C34CCC(C(C)C)(CC3)S4)C(O2)C1C(C)C. The van der Waals surface area contributed by atoms with E-state index in [0.717, 1.165) is 69.7 Å². The molecule has 0 aromatic heterocycles. The zero-order valence-corrected chi connectivity index (χ0v) is 28.8. The van der Waals surface area contributed by atoms with Gasteiger partial charge in [-0.1, -0.05) is 75.7 Å². The van der Waals surface area contributed by atoms with E-state index in [1.165, 1.54) is 57.8 Å². The monoisotopic (exact) mass is 574 g/mol. The lowest BCUT2D eigenvalue weighted by atomic mass is 9.55. The summed E-state index contributed by atoms with van der Waals surface area (Å²) >= 11 is 4.87. The summed E-state index contributed by atoms with van der Waals surface area (Å²) in [4.78, 5) is 0. The second-order valence-electron chi connectivity index (χ2n) is 17.2. The molecule has 3 heteroatoms. The molecule has 39 heavy (non-hydrogen) atoms. The molecule has 11 atom stereocenters. The summed E-state index contributed by atoms with van der Waals surface area (Å²) in [5, 5.41) is 1.82. The molecule has 0 saturated carbocycles. The lowest BCUT2D eigenvalue weighted by Crippen LogP contribution is -2.48. The molecule has 224 valence electrons. The first-order valence-electron chi connectivity index (χ1n) is 17.3. The molecule has 6 aliphatic heterocycles. The van der Waals surface area contributed by atoms with Crippen LogP contribution in [0.2, 0.25) is 0 Å². The molecule has 0 aromatic carbocycles. The minimum atomic E-state index is 0.411. The summed E-state index contributed by atoms with van der Waals surface area (Å²) in [6.07, 6.45) is 14.2. The van der Waals surface area contributed by atoms with E-state index in [-0.39, 0.29) is 0 Å². The fourth-order valence-corrected chi connectivity index (χ4v) is 16.1. The highest BCUT2D eigenvalue weighted by Gasteiger charge is 2.63. The van der Waals surface area contributed by atoms with E-state index in [1.54, 1.807) is 0 Å². The lowest BCUT2D eigenvalue weighted by molar-refractivity contribution is -0.00525. The molecule has 6 fully saturated rings. The lowest BCUT2D eigenvalue weighted by Gasteiger charge is -2.48. The third-order valence-electron chi connectivity index (χ3n) is 14.3. The molecule has 6 rings (SSSR count). The Bertz CT molecular complexity index is 884. The Kier molecular flexibility index (Phi) is 7.91. The van der Waals surface area contributed by atoms with Crippen LogP contribution in [0, 0.1) is 64.6 Å². The van der Waals surface area contributed by atoms with Gasteiger partial charge in [-0.05, 0) is 116 Å². The van der Waals surface area contributed by atoms with Crippen LogP contribution in [0.1, 0.15) is 127 Å². The van der Waals surface area contributed by atoms with Gasteiger partial charge in [0.05, 0.1) is 12.2 Å². The molecule has 1 nitrogen and oxygen atoms in total. The van der Waals surface area contributed by atoms with Crippen LogP contribution in [0.25, 0.3) is 0 Å². The van der Waals surface area contributed by atoms with Crippen LogP contribution in [-0.2, 0) is 4.74 Å². The quantitative estimate of drug-likeness (QED) is 0.257. The number of hydrogen-bond donors (Lipinski definition) is 0. The summed E-state index contributed by atoms with van der Waals surface area (Å²) in [6, 6.07) is 0.